The Morgan fingerprint density at radius 1 is 0.909 bits per heavy atom. The first-order chi connectivity index (χ1) is 15.8. The van der Waals surface area contributed by atoms with Crippen LogP contribution in [0.2, 0.25) is 5.02 Å². The van der Waals surface area contributed by atoms with Gasteiger partial charge in [0.1, 0.15) is 4.90 Å². The van der Waals surface area contributed by atoms with Crippen molar-refractivity contribution in [3.8, 4) is 0 Å². The third kappa shape index (κ3) is 4.65. The zero-order chi connectivity index (χ0) is 23.6. The number of imide groups is 1. The molecule has 168 valence electrons. The Bertz CT molecular complexity index is 1320. The number of amides is 2. The summed E-state index contributed by atoms with van der Waals surface area (Å²) in [6, 6.07) is 18.8. The van der Waals surface area contributed by atoms with Crippen molar-refractivity contribution in [3.05, 3.63) is 100 Å². The van der Waals surface area contributed by atoms with Gasteiger partial charge in [-0.05, 0) is 35.9 Å². The molecule has 0 radical (unpaired) electrons. The summed E-state index contributed by atoms with van der Waals surface area (Å²) in [6.45, 7) is -0.573. The Labute approximate surface area is 194 Å². The second-order valence-corrected chi connectivity index (χ2v) is 9.24. The Morgan fingerprint density at radius 3 is 2.15 bits per heavy atom. The van der Waals surface area contributed by atoms with Gasteiger partial charge in [0, 0.05) is 6.54 Å². The lowest BCUT2D eigenvalue weighted by molar-refractivity contribution is 0.0228. The molecule has 8 nitrogen and oxygen atoms in total. The molecule has 1 aliphatic heterocycles. The molecule has 0 fully saturated rings. The second kappa shape index (κ2) is 9.14. The van der Waals surface area contributed by atoms with E-state index in [9.17, 15) is 22.8 Å². The van der Waals surface area contributed by atoms with Crippen LogP contribution >= 0.6 is 11.6 Å². The highest BCUT2D eigenvalue weighted by Gasteiger charge is 2.36. The van der Waals surface area contributed by atoms with Gasteiger partial charge in [-0.15, -0.1) is 0 Å². The zero-order valence-corrected chi connectivity index (χ0v) is 18.6. The fraction of sp³-hybridized carbons (Fsp3) is 0.0870. The van der Waals surface area contributed by atoms with Crippen LogP contribution in [0.5, 0.6) is 0 Å². The summed E-state index contributed by atoms with van der Waals surface area (Å²) < 4.78 is 33.0. The molecule has 3 aromatic rings. The minimum atomic E-state index is -4.04. The number of carbonyl (C=O) groups excluding carboxylic acids is 3. The molecule has 1 heterocycles. The highest BCUT2D eigenvalue weighted by atomic mass is 35.5. The summed E-state index contributed by atoms with van der Waals surface area (Å²) >= 11 is 6.07. The minimum absolute atomic E-state index is 0.0356. The molecule has 10 heteroatoms. The molecular weight excluding hydrogens is 468 g/mol. The van der Waals surface area contributed by atoms with Crippen molar-refractivity contribution in [2.24, 2.45) is 0 Å². The van der Waals surface area contributed by atoms with Crippen molar-refractivity contribution >= 4 is 39.4 Å². The van der Waals surface area contributed by atoms with E-state index in [2.05, 4.69) is 4.72 Å². The number of carbonyl (C=O) groups is 3. The maximum Gasteiger partial charge on any atom is 0.339 e. The van der Waals surface area contributed by atoms with E-state index < -0.39 is 34.5 Å². The first-order valence-electron chi connectivity index (χ1n) is 9.73. The van der Waals surface area contributed by atoms with Gasteiger partial charge in [-0.1, -0.05) is 54.1 Å². The van der Waals surface area contributed by atoms with Crippen LogP contribution in [0.1, 0.15) is 36.6 Å². The van der Waals surface area contributed by atoms with Crippen LogP contribution in [-0.2, 0) is 21.3 Å². The molecular formula is C23H17ClN2O6S. The summed E-state index contributed by atoms with van der Waals surface area (Å²) in [7, 11) is -4.04. The molecule has 3 aromatic carbocycles. The number of esters is 1. The molecule has 1 aliphatic rings. The maximum atomic E-state index is 12.7. The quantitative estimate of drug-likeness (QED) is 0.407. The molecule has 0 unspecified atom stereocenters. The smallest absolute Gasteiger partial charge is 0.339 e. The van der Waals surface area contributed by atoms with Gasteiger partial charge in [0.15, 0.2) is 6.73 Å². The first-order valence-corrected chi connectivity index (χ1v) is 11.6. The SMILES string of the molecule is O=C(OCN1C(=O)c2ccccc2C1=O)c1ccc(Cl)c(S(=O)(=O)NCc2ccccc2)c1. The van der Waals surface area contributed by atoms with Crippen LogP contribution in [-0.4, -0.2) is 37.8 Å². The topological polar surface area (TPSA) is 110 Å². The van der Waals surface area contributed by atoms with E-state index in [1.54, 1.807) is 36.4 Å². The average Bonchev–Trinajstić information content (AvgIpc) is 3.07. The molecule has 33 heavy (non-hydrogen) atoms. The number of sulfonamides is 1. The Balaban J connectivity index is 1.46. The van der Waals surface area contributed by atoms with Crippen molar-refractivity contribution in [2.45, 2.75) is 11.4 Å². The minimum Gasteiger partial charge on any atom is -0.440 e. The molecule has 1 N–H and O–H groups in total. The van der Waals surface area contributed by atoms with Crippen LogP contribution in [0.15, 0.2) is 77.7 Å². The third-order valence-electron chi connectivity index (χ3n) is 4.97. The molecule has 0 spiro atoms. The largest absolute Gasteiger partial charge is 0.440 e. The van der Waals surface area contributed by atoms with E-state index in [0.717, 1.165) is 16.5 Å². The lowest BCUT2D eigenvalue weighted by atomic mass is 10.1. The van der Waals surface area contributed by atoms with Gasteiger partial charge in [-0.25, -0.2) is 22.8 Å². The molecule has 0 aliphatic carbocycles. The van der Waals surface area contributed by atoms with Gasteiger partial charge >= 0.3 is 5.97 Å². The van der Waals surface area contributed by atoms with Crippen molar-refractivity contribution in [2.75, 3.05) is 6.73 Å². The highest BCUT2D eigenvalue weighted by Crippen LogP contribution is 2.25. The molecule has 0 bridgehead atoms. The van der Waals surface area contributed by atoms with Crippen LogP contribution in [0.3, 0.4) is 0 Å². The zero-order valence-electron chi connectivity index (χ0n) is 17.0. The van der Waals surface area contributed by atoms with Crippen LogP contribution in [0, 0.1) is 0 Å². The van der Waals surface area contributed by atoms with Gasteiger partial charge in [0.05, 0.1) is 21.7 Å². The number of halogens is 1. The second-order valence-electron chi connectivity index (χ2n) is 7.10. The Kier molecular flexibility index (Phi) is 6.28. The number of ether oxygens (including phenoxy) is 1. The van der Waals surface area contributed by atoms with E-state index in [-0.39, 0.29) is 33.2 Å². The monoisotopic (exact) mass is 484 g/mol. The van der Waals surface area contributed by atoms with Gasteiger partial charge < -0.3 is 4.74 Å². The van der Waals surface area contributed by atoms with Gasteiger partial charge in [0.2, 0.25) is 10.0 Å². The summed E-state index contributed by atoms with van der Waals surface area (Å²) in [6.07, 6.45) is 0. The van der Waals surface area contributed by atoms with Crippen LogP contribution in [0.25, 0.3) is 0 Å². The van der Waals surface area contributed by atoms with Gasteiger partial charge in [-0.2, -0.15) is 0 Å². The lowest BCUT2D eigenvalue weighted by Gasteiger charge is -2.14. The summed E-state index contributed by atoms with van der Waals surface area (Å²) in [5, 5.41) is -0.0764. The predicted molar refractivity (Wildman–Crippen MR) is 119 cm³/mol. The number of rotatable bonds is 7. The molecule has 0 saturated heterocycles. The fourth-order valence-corrected chi connectivity index (χ4v) is 4.79. The fourth-order valence-electron chi connectivity index (χ4n) is 3.25. The predicted octanol–water partition coefficient (Wildman–Crippen LogP) is 3.23. The molecule has 0 saturated carbocycles. The molecule has 2 amide bonds. The van der Waals surface area contributed by atoms with Crippen molar-refractivity contribution in [1.29, 1.82) is 0 Å². The first kappa shape index (κ1) is 22.7. The maximum absolute atomic E-state index is 12.7. The number of nitrogens with zero attached hydrogens (tertiary/aromatic N) is 1. The van der Waals surface area contributed by atoms with Gasteiger partial charge in [-0.3, -0.25) is 9.59 Å². The summed E-state index contributed by atoms with van der Waals surface area (Å²) in [4.78, 5) is 37.8. The molecule has 0 atom stereocenters. The third-order valence-corrected chi connectivity index (χ3v) is 6.85. The summed E-state index contributed by atoms with van der Waals surface area (Å²) in [5.41, 5.74) is 1.09. The average molecular weight is 485 g/mol. The highest BCUT2D eigenvalue weighted by molar-refractivity contribution is 7.89. The van der Waals surface area contributed by atoms with E-state index in [0.29, 0.717) is 0 Å². The normalized spacial score (nSPS) is 13.2. The molecule has 0 aromatic heterocycles. The number of fused-ring (bicyclic) bond motifs is 1. The Hall–Kier alpha value is -3.53. The standard InChI is InChI=1S/C23H17ClN2O6S/c24-19-11-10-16(12-20(19)33(30,31)25-13-15-6-2-1-3-7-15)23(29)32-14-26-21(27)17-8-4-5-9-18(17)22(26)28/h1-12,25H,13-14H2. The van der Waals surface area contributed by atoms with Crippen molar-refractivity contribution in [1.82, 2.24) is 9.62 Å². The van der Waals surface area contributed by atoms with Crippen LogP contribution < -0.4 is 4.72 Å². The number of hydrogen-bond donors (Lipinski definition) is 1. The number of hydrogen-bond acceptors (Lipinski definition) is 6. The molecule has 4 rings (SSSR count). The van der Waals surface area contributed by atoms with E-state index >= 15 is 0 Å². The van der Waals surface area contributed by atoms with Crippen molar-refractivity contribution in [3.63, 3.8) is 0 Å². The lowest BCUT2D eigenvalue weighted by Crippen LogP contribution is -2.33. The van der Waals surface area contributed by atoms with E-state index in [1.807, 2.05) is 6.07 Å². The van der Waals surface area contributed by atoms with E-state index in [1.165, 1.54) is 24.3 Å². The summed E-state index contributed by atoms with van der Waals surface area (Å²) in [5.74, 6) is -2.07. The number of benzene rings is 3. The van der Waals surface area contributed by atoms with E-state index in [4.69, 9.17) is 16.3 Å². The van der Waals surface area contributed by atoms with Crippen molar-refractivity contribution < 1.29 is 27.5 Å². The van der Waals surface area contributed by atoms with Crippen LogP contribution in [0.4, 0.5) is 0 Å². The Morgan fingerprint density at radius 2 is 1.52 bits per heavy atom. The van der Waals surface area contributed by atoms with Gasteiger partial charge in [0.25, 0.3) is 11.8 Å². The number of nitrogens with one attached hydrogen (secondary N) is 1.